The van der Waals surface area contributed by atoms with Gasteiger partial charge in [0.05, 0.1) is 0 Å². The molecule has 7 heteroatoms. The van der Waals surface area contributed by atoms with Crippen molar-refractivity contribution in [2.24, 2.45) is 5.84 Å². The van der Waals surface area contributed by atoms with E-state index in [1.807, 2.05) is 0 Å². The SMILES string of the molecule is BBB(B)c1cc(C)c(NN)c[c]1[SrH]. The fourth-order valence-corrected chi connectivity index (χ4v) is 4.02. The topological polar surface area (TPSA) is 38.0 Å². The van der Waals surface area contributed by atoms with Crippen LogP contribution in [0, 0.1) is 6.92 Å². The molecule has 0 saturated carbocycles. The summed E-state index contributed by atoms with van der Waals surface area (Å²) in [6.07, 6.45) is 0. The Kier molecular flexibility index (Phi) is 5.21. The summed E-state index contributed by atoms with van der Waals surface area (Å²) >= 11 is 0.542. The molecule has 1 aromatic carbocycles. The van der Waals surface area contributed by atoms with Gasteiger partial charge in [-0.3, -0.25) is 0 Å². The van der Waals surface area contributed by atoms with Crippen molar-refractivity contribution in [2.75, 3.05) is 5.43 Å². The number of anilines is 1. The molecule has 0 atom stereocenters. The van der Waals surface area contributed by atoms with Gasteiger partial charge in [0.15, 0.2) is 0 Å². The Balaban J connectivity index is 3.14. The second-order valence-electron chi connectivity index (χ2n) is 3.98. The molecule has 0 radical (unpaired) electrons. The van der Waals surface area contributed by atoms with Gasteiger partial charge in [-0.2, -0.15) is 0 Å². The molecule has 0 fully saturated rings. The van der Waals surface area contributed by atoms with Crippen LogP contribution in [0.1, 0.15) is 5.56 Å². The van der Waals surface area contributed by atoms with E-state index in [0.717, 1.165) is 5.69 Å². The summed E-state index contributed by atoms with van der Waals surface area (Å²) in [6, 6.07) is 4.50. The van der Waals surface area contributed by atoms with Crippen LogP contribution in [0.2, 0.25) is 0 Å². The van der Waals surface area contributed by atoms with E-state index in [1.54, 1.807) is 0 Å². The average Bonchev–Trinajstić information content (AvgIpc) is 2.19. The van der Waals surface area contributed by atoms with Gasteiger partial charge in [0, 0.05) is 0 Å². The van der Waals surface area contributed by atoms with Gasteiger partial charge >= 0.3 is 120 Å². The third-order valence-electron chi connectivity index (χ3n) is 2.91. The quantitative estimate of drug-likeness (QED) is 0.330. The minimum atomic E-state index is 0.542. The normalized spacial score (nSPS) is 9.50. The molecule has 0 aliphatic heterocycles. The predicted octanol–water partition coefficient (Wildman–Crippen LogP) is -3.88. The third-order valence-corrected chi connectivity index (χ3v) is 5.04. The van der Waals surface area contributed by atoms with E-state index in [9.17, 15) is 0 Å². The van der Waals surface area contributed by atoms with Crippen LogP contribution in [0.15, 0.2) is 12.1 Å². The Hall–Kier alpha value is 0.720. The molecule has 0 unspecified atom stereocenters. The monoisotopic (exact) mass is 258 g/mol. The van der Waals surface area contributed by atoms with Gasteiger partial charge < -0.3 is 0 Å². The molecule has 0 saturated heterocycles. The molecular weight excluding hydrogens is 243 g/mol. The number of rotatable bonds is 3. The van der Waals surface area contributed by atoms with Gasteiger partial charge in [0.2, 0.25) is 0 Å². The van der Waals surface area contributed by atoms with E-state index >= 15 is 0 Å². The van der Waals surface area contributed by atoms with Crippen LogP contribution in [0.3, 0.4) is 0 Å². The third kappa shape index (κ3) is 2.86. The molecule has 2 nitrogen and oxygen atoms in total. The molecule has 0 amide bonds. The van der Waals surface area contributed by atoms with Crippen molar-refractivity contribution in [3.63, 3.8) is 0 Å². The predicted molar refractivity (Wildman–Crippen MR) is 75.4 cm³/mol. The molecule has 0 aliphatic rings. The van der Waals surface area contributed by atoms with Gasteiger partial charge in [0.1, 0.15) is 0 Å². The van der Waals surface area contributed by atoms with Crippen LogP contribution in [-0.4, -0.2) is 72.3 Å². The van der Waals surface area contributed by atoms with Gasteiger partial charge in [-0.25, -0.2) is 0 Å². The number of benzene rings is 1. The summed E-state index contributed by atoms with van der Waals surface area (Å²) in [5.41, 5.74) is 6.61. The molecule has 14 heavy (non-hydrogen) atoms. The number of nitrogen functional groups attached to an aromatic ring is 1. The van der Waals surface area contributed by atoms with E-state index in [-0.39, 0.29) is 0 Å². The van der Waals surface area contributed by atoms with Crippen molar-refractivity contribution in [3.05, 3.63) is 17.7 Å². The van der Waals surface area contributed by atoms with Gasteiger partial charge in [-0.15, -0.1) is 0 Å². The molecule has 66 valence electrons. The first kappa shape index (κ1) is 12.8. The molecule has 0 bridgehead atoms. The summed E-state index contributed by atoms with van der Waals surface area (Å²) in [5, 5.41) is 0. The number of hydrazine groups is 1. The van der Waals surface area contributed by atoms with Crippen molar-refractivity contribution < 1.29 is 0 Å². The Bertz CT molecular complexity index is 334. The standard InChI is InChI=1S/C7H13B4N2.Sr.H/c1-5-4-6(11(9)10-8)2-3-7(5)13-12;;/h3-4,10,13H,8-9,12H2,1H3;;. The van der Waals surface area contributed by atoms with Crippen molar-refractivity contribution >= 4 is 84.0 Å². The average molecular weight is 257 g/mol. The van der Waals surface area contributed by atoms with Gasteiger partial charge in [-0.05, 0) is 0 Å². The van der Waals surface area contributed by atoms with Crippen LogP contribution < -0.4 is 17.3 Å². The maximum atomic E-state index is 5.45. The maximum absolute atomic E-state index is 5.45. The number of nitrogens with one attached hydrogen (secondary N) is 1. The summed E-state index contributed by atoms with van der Waals surface area (Å²) < 4.78 is 1.53. The number of aryl methyl sites for hydroxylation is 1. The van der Waals surface area contributed by atoms with Crippen LogP contribution in [0.25, 0.3) is 0 Å². The van der Waals surface area contributed by atoms with E-state index in [1.165, 1.54) is 18.6 Å². The van der Waals surface area contributed by atoms with E-state index < -0.39 is 0 Å². The van der Waals surface area contributed by atoms with E-state index in [0.29, 0.717) is 49.7 Å². The van der Waals surface area contributed by atoms with Crippen LogP contribution in [-0.2, 0) is 0 Å². The summed E-state index contributed by atoms with van der Waals surface area (Å²) in [7, 11) is 5.74. The van der Waals surface area contributed by atoms with Crippen molar-refractivity contribution in [2.45, 2.75) is 6.92 Å². The molecule has 0 heterocycles. The zero-order valence-corrected chi connectivity index (χ0v) is 14.4. The second-order valence-corrected chi connectivity index (χ2v) is 6.63. The van der Waals surface area contributed by atoms with Crippen molar-refractivity contribution in [1.82, 2.24) is 0 Å². The van der Waals surface area contributed by atoms with Crippen molar-refractivity contribution in [1.29, 1.82) is 0 Å². The Morgan fingerprint density at radius 2 is 2.21 bits per heavy atom. The first-order chi connectivity index (χ1) is 6.60. The molecule has 1 aromatic rings. The van der Waals surface area contributed by atoms with Crippen LogP contribution in [0.4, 0.5) is 5.69 Å². The number of hydrogen-bond acceptors (Lipinski definition) is 2. The van der Waals surface area contributed by atoms with Gasteiger partial charge in [0.25, 0.3) is 0 Å². The fraction of sp³-hybridized carbons (Fsp3) is 0.143. The zero-order chi connectivity index (χ0) is 10.7. The number of hydrogen-bond donors (Lipinski definition) is 2. The number of nitrogens with two attached hydrogens (primary N) is 1. The summed E-state index contributed by atoms with van der Waals surface area (Å²) in [6.45, 7) is 2.79. The minimum absolute atomic E-state index is 0.542. The Morgan fingerprint density at radius 1 is 1.57 bits per heavy atom. The summed E-state index contributed by atoms with van der Waals surface area (Å²) in [5.74, 6) is 5.45. The second kappa shape index (κ2) is 5.71. The molecular formula is C7H14B4N2Sr. The molecule has 0 aliphatic carbocycles. The first-order valence-corrected chi connectivity index (χ1v) is 7.63. The summed E-state index contributed by atoms with van der Waals surface area (Å²) in [4.78, 5) is 0. The van der Waals surface area contributed by atoms with Crippen LogP contribution in [0.5, 0.6) is 0 Å². The van der Waals surface area contributed by atoms with Gasteiger partial charge in [-0.1, -0.05) is 0 Å². The first-order valence-electron chi connectivity index (χ1n) is 5.17. The zero-order valence-electron chi connectivity index (χ0n) is 9.52. The van der Waals surface area contributed by atoms with E-state index in [2.05, 4.69) is 40.0 Å². The Labute approximate surface area is 118 Å². The Morgan fingerprint density at radius 3 is 2.71 bits per heavy atom. The van der Waals surface area contributed by atoms with Crippen LogP contribution >= 0.6 is 0 Å². The van der Waals surface area contributed by atoms with Crippen molar-refractivity contribution in [3.8, 4) is 0 Å². The fourth-order valence-electron chi connectivity index (χ4n) is 1.74. The molecule has 0 spiro atoms. The molecule has 3 N–H and O–H groups in total. The molecule has 1 rings (SSSR count). The molecule has 0 aromatic heterocycles. The van der Waals surface area contributed by atoms with E-state index in [4.69, 9.17) is 5.84 Å².